The Morgan fingerprint density at radius 3 is 2.52 bits per heavy atom. The van der Waals surface area contributed by atoms with E-state index in [-0.39, 0.29) is 5.91 Å². The molecule has 0 spiro atoms. The molecular formula is C22H29N5O2. The molecule has 4 rings (SSSR count). The minimum absolute atomic E-state index is 0.0574. The summed E-state index contributed by atoms with van der Waals surface area (Å²) < 4.78 is 5.38. The second kappa shape index (κ2) is 9.71. The SMILES string of the molecule is O=C(c1cncc(NCCN2CCOCC2)c1)N1CCN(c2ccccc2)CC1. The van der Waals surface area contributed by atoms with Crippen molar-refractivity contribution in [2.24, 2.45) is 0 Å². The Morgan fingerprint density at radius 2 is 1.76 bits per heavy atom. The molecular weight excluding hydrogens is 366 g/mol. The first-order valence-electron chi connectivity index (χ1n) is 10.4. The third-order valence-electron chi connectivity index (χ3n) is 5.53. The Morgan fingerprint density at radius 1 is 1.00 bits per heavy atom. The van der Waals surface area contributed by atoms with Crippen LogP contribution in [0.1, 0.15) is 10.4 Å². The number of morpholine rings is 1. The van der Waals surface area contributed by atoms with E-state index < -0.39 is 0 Å². The summed E-state index contributed by atoms with van der Waals surface area (Å²) in [6, 6.07) is 12.3. The minimum Gasteiger partial charge on any atom is -0.382 e. The number of hydrogen-bond donors (Lipinski definition) is 1. The molecule has 1 amide bonds. The Kier molecular flexibility index (Phi) is 6.59. The third kappa shape index (κ3) is 5.25. The molecule has 2 saturated heterocycles. The smallest absolute Gasteiger partial charge is 0.255 e. The number of para-hydroxylation sites is 1. The van der Waals surface area contributed by atoms with E-state index in [1.807, 2.05) is 17.0 Å². The van der Waals surface area contributed by atoms with E-state index in [9.17, 15) is 4.79 Å². The normalized spacial score (nSPS) is 17.9. The topological polar surface area (TPSA) is 60.9 Å². The van der Waals surface area contributed by atoms with Crippen LogP contribution >= 0.6 is 0 Å². The van der Waals surface area contributed by atoms with Gasteiger partial charge in [0.05, 0.1) is 24.5 Å². The summed E-state index contributed by atoms with van der Waals surface area (Å²) >= 11 is 0. The summed E-state index contributed by atoms with van der Waals surface area (Å²) in [5, 5.41) is 3.39. The maximum atomic E-state index is 12.9. The molecule has 1 aromatic heterocycles. The average molecular weight is 396 g/mol. The number of hydrogen-bond acceptors (Lipinski definition) is 6. The molecule has 2 aliphatic rings. The van der Waals surface area contributed by atoms with E-state index in [0.29, 0.717) is 5.56 Å². The van der Waals surface area contributed by atoms with Crippen LogP contribution in [0.4, 0.5) is 11.4 Å². The van der Waals surface area contributed by atoms with Gasteiger partial charge >= 0.3 is 0 Å². The van der Waals surface area contributed by atoms with Gasteiger partial charge in [-0.05, 0) is 18.2 Å². The molecule has 154 valence electrons. The molecule has 2 aliphatic heterocycles. The lowest BCUT2D eigenvalue weighted by Gasteiger charge is -2.36. The van der Waals surface area contributed by atoms with E-state index in [1.54, 1.807) is 12.4 Å². The van der Waals surface area contributed by atoms with Crippen molar-refractivity contribution in [3.63, 3.8) is 0 Å². The molecule has 0 bridgehead atoms. The van der Waals surface area contributed by atoms with Crippen LogP contribution in [0.3, 0.4) is 0 Å². The highest BCUT2D eigenvalue weighted by Crippen LogP contribution is 2.17. The summed E-state index contributed by atoms with van der Waals surface area (Å²) in [7, 11) is 0. The van der Waals surface area contributed by atoms with E-state index in [4.69, 9.17) is 4.74 Å². The summed E-state index contributed by atoms with van der Waals surface area (Å²) in [6.07, 6.45) is 3.45. The first-order valence-corrected chi connectivity index (χ1v) is 10.4. The number of rotatable bonds is 6. The van der Waals surface area contributed by atoms with Gasteiger partial charge < -0.3 is 19.9 Å². The number of carbonyl (C=O) groups is 1. The maximum Gasteiger partial charge on any atom is 0.255 e. The molecule has 0 atom stereocenters. The number of piperazine rings is 1. The van der Waals surface area contributed by atoms with Crippen molar-refractivity contribution in [1.82, 2.24) is 14.8 Å². The first kappa shape index (κ1) is 19.7. The predicted molar refractivity (Wildman–Crippen MR) is 115 cm³/mol. The number of benzene rings is 1. The van der Waals surface area contributed by atoms with Gasteiger partial charge in [-0.1, -0.05) is 18.2 Å². The fourth-order valence-electron chi connectivity index (χ4n) is 3.83. The lowest BCUT2D eigenvalue weighted by atomic mass is 10.2. The van der Waals surface area contributed by atoms with Crippen LogP contribution < -0.4 is 10.2 Å². The van der Waals surface area contributed by atoms with E-state index >= 15 is 0 Å². The zero-order valence-electron chi connectivity index (χ0n) is 16.8. The molecule has 29 heavy (non-hydrogen) atoms. The van der Waals surface area contributed by atoms with Crippen LogP contribution in [-0.2, 0) is 4.74 Å². The minimum atomic E-state index is 0.0574. The van der Waals surface area contributed by atoms with E-state index in [2.05, 4.69) is 44.4 Å². The second-order valence-corrected chi connectivity index (χ2v) is 7.46. The number of aromatic nitrogens is 1. The van der Waals surface area contributed by atoms with Crippen molar-refractivity contribution in [3.8, 4) is 0 Å². The molecule has 3 heterocycles. The van der Waals surface area contributed by atoms with Gasteiger partial charge in [0, 0.05) is 70.4 Å². The van der Waals surface area contributed by atoms with Crippen LogP contribution in [0, 0.1) is 0 Å². The van der Waals surface area contributed by atoms with Gasteiger partial charge in [0.15, 0.2) is 0 Å². The number of carbonyl (C=O) groups excluding carboxylic acids is 1. The molecule has 0 aliphatic carbocycles. The van der Waals surface area contributed by atoms with Gasteiger partial charge in [-0.25, -0.2) is 0 Å². The van der Waals surface area contributed by atoms with Gasteiger partial charge in [0.2, 0.25) is 0 Å². The van der Waals surface area contributed by atoms with Crippen molar-refractivity contribution >= 4 is 17.3 Å². The van der Waals surface area contributed by atoms with Gasteiger partial charge in [-0.3, -0.25) is 14.7 Å². The van der Waals surface area contributed by atoms with Crippen molar-refractivity contribution in [1.29, 1.82) is 0 Å². The summed E-state index contributed by atoms with van der Waals surface area (Å²) in [5.41, 5.74) is 2.76. The fraction of sp³-hybridized carbons (Fsp3) is 0.455. The van der Waals surface area contributed by atoms with Crippen LogP contribution in [-0.4, -0.2) is 86.3 Å². The number of amides is 1. The van der Waals surface area contributed by atoms with Gasteiger partial charge in [-0.15, -0.1) is 0 Å². The van der Waals surface area contributed by atoms with Crippen LogP contribution in [0.15, 0.2) is 48.8 Å². The Bertz CT molecular complexity index is 787. The maximum absolute atomic E-state index is 12.9. The lowest BCUT2D eigenvalue weighted by molar-refractivity contribution is 0.0398. The summed E-state index contributed by atoms with van der Waals surface area (Å²) in [4.78, 5) is 23.8. The number of pyridine rings is 1. The van der Waals surface area contributed by atoms with Crippen LogP contribution in [0.25, 0.3) is 0 Å². The van der Waals surface area contributed by atoms with E-state index in [0.717, 1.165) is 71.3 Å². The van der Waals surface area contributed by atoms with Crippen molar-refractivity contribution in [2.45, 2.75) is 0 Å². The Balaban J connectivity index is 1.28. The average Bonchev–Trinajstić information content (AvgIpc) is 2.80. The lowest BCUT2D eigenvalue weighted by Crippen LogP contribution is -2.48. The second-order valence-electron chi connectivity index (χ2n) is 7.46. The summed E-state index contributed by atoms with van der Waals surface area (Å²) in [6.45, 7) is 8.51. The molecule has 0 unspecified atom stereocenters. The Hall–Kier alpha value is -2.64. The highest BCUT2D eigenvalue weighted by Gasteiger charge is 2.22. The van der Waals surface area contributed by atoms with E-state index in [1.165, 1.54) is 5.69 Å². The first-order chi connectivity index (χ1) is 14.3. The van der Waals surface area contributed by atoms with Crippen LogP contribution in [0.2, 0.25) is 0 Å². The quantitative estimate of drug-likeness (QED) is 0.805. The molecule has 2 aromatic rings. The molecule has 1 aromatic carbocycles. The fourth-order valence-corrected chi connectivity index (χ4v) is 3.83. The highest BCUT2D eigenvalue weighted by atomic mass is 16.5. The van der Waals surface area contributed by atoms with Crippen molar-refractivity contribution in [3.05, 3.63) is 54.4 Å². The van der Waals surface area contributed by atoms with Gasteiger partial charge in [0.1, 0.15) is 0 Å². The zero-order valence-corrected chi connectivity index (χ0v) is 16.8. The Labute approximate surface area is 172 Å². The standard InChI is InChI=1S/C22H29N5O2/c28-22(27-10-8-26(9-11-27)21-4-2-1-3-5-21)19-16-20(18-23-17-19)24-6-7-25-12-14-29-15-13-25/h1-5,16-18,24H,6-15H2. The number of nitrogens with zero attached hydrogens (tertiary/aromatic N) is 4. The largest absolute Gasteiger partial charge is 0.382 e. The molecule has 1 N–H and O–H groups in total. The number of anilines is 2. The van der Waals surface area contributed by atoms with Crippen molar-refractivity contribution in [2.75, 3.05) is 75.8 Å². The third-order valence-corrected chi connectivity index (χ3v) is 5.53. The van der Waals surface area contributed by atoms with Crippen molar-refractivity contribution < 1.29 is 9.53 Å². The van der Waals surface area contributed by atoms with Crippen LogP contribution in [0.5, 0.6) is 0 Å². The number of nitrogens with one attached hydrogen (secondary N) is 1. The molecule has 0 radical (unpaired) electrons. The summed E-state index contributed by atoms with van der Waals surface area (Å²) in [5.74, 6) is 0.0574. The molecule has 0 saturated carbocycles. The zero-order chi connectivity index (χ0) is 19.9. The number of ether oxygens (including phenoxy) is 1. The monoisotopic (exact) mass is 395 g/mol. The molecule has 2 fully saturated rings. The molecule has 7 heteroatoms. The molecule has 7 nitrogen and oxygen atoms in total. The predicted octanol–water partition coefficient (Wildman–Crippen LogP) is 1.79. The highest BCUT2D eigenvalue weighted by molar-refractivity contribution is 5.95. The van der Waals surface area contributed by atoms with Gasteiger partial charge in [-0.2, -0.15) is 0 Å². The van der Waals surface area contributed by atoms with Gasteiger partial charge in [0.25, 0.3) is 5.91 Å².